The normalized spacial score (nSPS) is 10.6. The van der Waals surface area contributed by atoms with Gasteiger partial charge in [0.15, 0.2) is 5.65 Å². The summed E-state index contributed by atoms with van der Waals surface area (Å²) in [6, 6.07) is 18.4. The number of anilines is 2. The van der Waals surface area contributed by atoms with Gasteiger partial charge in [-0.05, 0) is 37.1 Å². The van der Waals surface area contributed by atoms with E-state index in [1.165, 1.54) is 5.56 Å². The first kappa shape index (κ1) is 19.0. The molecule has 2 aromatic heterocycles. The fourth-order valence-electron chi connectivity index (χ4n) is 2.91. The number of halogens is 1. The molecular formula is C21H22BrN5. The summed E-state index contributed by atoms with van der Waals surface area (Å²) in [6.07, 6.45) is 2.75. The summed E-state index contributed by atoms with van der Waals surface area (Å²) in [5.41, 5.74) is 3.11. The highest BCUT2D eigenvalue weighted by atomic mass is 79.9. The zero-order chi connectivity index (χ0) is 17.9. The van der Waals surface area contributed by atoms with Gasteiger partial charge in [0.25, 0.3) is 0 Å². The van der Waals surface area contributed by atoms with Crippen molar-refractivity contribution < 1.29 is 0 Å². The van der Waals surface area contributed by atoms with Crippen LogP contribution in [0.1, 0.15) is 18.8 Å². The molecule has 6 heteroatoms. The van der Waals surface area contributed by atoms with Crippen LogP contribution in [0.5, 0.6) is 0 Å². The maximum atomic E-state index is 4.61. The third kappa shape index (κ3) is 4.34. The second-order valence-electron chi connectivity index (χ2n) is 6.10. The maximum Gasteiger partial charge on any atom is 0.163 e. The average Bonchev–Trinajstić information content (AvgIpc) is 3.04. The summed E-state index contributed by atoms with van der Waals surface area (Å²) in [7, 11) is 0. The smallest absolute Gasteiger partial charge is 0.163 e. The maximum absolute atomic E-state index is 4.61. The van der Waals surface area contributed by atoms with Crippen LogP contribution in [0.15, 0.2) is 65.3 Å². The van der Waals surface area contributed by atoms with E-state index in [9.17, 15) is 0 Å². The molecule has 4 rings (SSSR count). The highest BCUT2D eigenvalue weighted by molar-refractivity contribution is 9.10. The van der Waals surface area contributed by atoms with E-state index < -0.39 is 0 Å². The van der Waals surface area contributed by atoms with Crippen LogP contribution in [0.4, 0.5) is 11.5 Å². The minimum Gasteiger partial charge on any atom is -0.339 e. The molecule has 2 aromatic carbocycles. The quantitative estimate of drug-likeness (QED) is 0.458. The lowest BCUT2D eigenvalue weighted by atomic mass is 10.1. The van der Waals surface area contributed by atoms with Gasteiger partial charge >= 0.3 is 0 Å². The molecule has 0 fully saturated rings. The first-order chi connectivity index (χ1) is 12.7. The van der Waals surface area contributed by atoms with Crippen LogP contribution in [-0.4, -0.2) is 19.7 Å². The van der Waals surface area contributed by atoms with Crippen molar-refractivity contribution in [2.75, 3.05) is 5.32 Å². The van der Waals surface area contributed by atoms with Gasteiger partial charge in [-0.15, -0.1) is 0 Å². The van der Waals surface area contributed by atoms with Gasteiger partial charge in [0, 0.05) is 16.7 Å². The van der Waals surface area contributed by atoms with Crippen LogP contribution >= 0.6 is 15.9 Å². The van der Waals surface area contributed by atoms with Gasteiger partial charge < -0.3 is 5.32 Å². The Labute approximate surface area is 167 Å². The standard InChI is InChI=1S/C20H18BrN5.CH4/c1-14-23-19(25-17-9-5-8-16(21)12-17)18-13-22-26(20(18)24-14)11-10-15-6-3-2-4-7-15;/h2-9,12-13H,10-11H2,1H3,(H,23,24,25);1H4. The van der Waals surface area contributed by atoms with Crippen molar-refractivity contribution in [1.82, 2.24) is 19.7 Å². The molecule has 0 aliphatic rings. The van der Waals surface area contributed by atoms with Gasteiger partial charge in [-0.2, -0.15) is 5.10 Å². The summed E-state index contributed by atoms with van der Waals surface area (Å²) in [6.45, 7) is 2.68. The lowest BCUT2D eigenvalue weighted by molar-refractivity contribution is 0.629. The van der Waals surface area contributed by atoms with Crippen LogP contribution in [-0.2, 0) is 13.0 Å². The third-order valence-corrected chi connectivity index (χ3v) is 4.64. The van der Waals surface area contributed by atoms with E-state index in [4.69, 9.17) is 0 Å². The summed E-state index contributed by atoms with van der Waals surface area (Å²) >= 11 is 3.50. The predicted molar refractivity (Wildman–Crippen MR) is 114 cm³/mol. The molecule has 0 aliphatic heterocycles. The van der Waals surface area contributed by atoms with Crippen LogP contribution in [0, 0.1) is 6.92 Å². The van der Waals surface area contributed by atoms with Crippen molar-refractivity contribution in [3.63, 3.8) is 0 Å². The molecule has 0 atom stereocenters. The van der Waals surface area contributed by atoms with E-state index in [1.807, 2.05) is 48.1 Å². The fourth-order valence-corrected chi connectivity index (χ4v) is 3.30. The van der Waals surface area contributed by atoms with Gasteiger partial charge in [-0.25, -0.2) is 14.6 Å². The number of hydrogen-bond acceptors (Lipinski definition) is 4. The Hall–Kier alpha value is -2.73. The van der Waals surface area contributed by atoms with Gasteiger partial charge in [0.05, 0.1) is 11.6 Å². The number of aryl methyl sites for hydroxylation is 3. The number of nitrogens with one attached hydrogen (secondary N) is 1. The first-order valence-electron chi connectivity index (χ1n) is 8.46. The number of hydrogen-bond donors (Lipinski definition) is 1. The average molecular weight is 424 g/mol. The summed E-state index contributed by atoms with van der Waals surface area (Å²) < 4.78 is 2.96. The van der Waals surface area contributed by atoms with Crippen LogP contribution in [0.3, 0.4) is 0 Å². The number of rotatable bonds is 5. The second-order valence-corrected chi connectivity index (χ2v) is 7.01. The molecule has 2 heterocycles. The SMILES string of the molecule is C.Cc1nc(Nc2cccc(Br)c2)c2cnn(CCc3ccccc3)c2n1. The summed E-state index contributed by atoms with van der Waals surface area (Å²) in [5, 5.41) is 8.84. The first-order valence-corrected chi connectivity index (χ1v) is 9.25. The molecule has 0 unspecified atom stereocenters. The minimum absolute atomic E-state index is 0. The highest BCUT2D eigenvalue weighted by Crippen LogP contribution is 2.25. The molecule has 27 heavy (non-hydrogen) atoms. The van der Waals surface area contributed by atoms with E-state index in [-0.39, 0.29) is 7.43 Å². The number of benzene rings is 2. The topological polar surface area (TPSA) is 55.6 Å². The fraction of sp³-hybridized carbons (Fsp3) is 0.190. The lowest BCUT2D eigenvalue weighted by Crippen LogP contribution is -2.05. The van der Waals surface area contributed by atoms with E-state index >= 15 is 0 Å². The Morgan fingerprint density at radius 1 is 1.04 bits per heavy atom. The van der Waals surface area contributed by atoms with Crippen molar-refractivity contribution in [3.8, 4) is 0 Å². The van der Waals surface area contributed by atoms with Gasteiger partial charge in [0.2, 0.25) is 0 Å². The largest absolute Gasteiger partial charge is 0.339 e. The molecule has 0 radical (unpaired) electrons. The second kappa shape index (κ2) is 8.31. The zero-order valence-corrected chi connectivity index (χ0v) is 15.9. The Morgan fingerprint density at radius 2 is 1.85 bits per heavy atom. The van der Waals surface area contributed by atoms with Crippen molar-refractivity contribution in [2.24, 2.45) is 0 Å². The van der Waals surface area contributed by atoms with E-state index in [1.54, 1.807) is 0 Å². The van der Waals surface area contributed by atoms with Crippen LogP contribution in [0.2, 0.25) is 0 Å². The Kier molecular flexibility index (Phi) is 5.86. The van der Waals surface area contributed by atoms with Gasteiger partial charge in [-0.3, -0.25) is 0 Å². The van der Waals surface area contributed by atoms with E-state index in [2.05, 4.69) is 60.6 Å². The number of fused-ring (bicyclic) bond motifs is 1. The molecule has 0 amide bonds. The predicted octanol–water partition coefficient (Wildman–Crippen LogP) is 5.52. The van der Waals surface area contributed by atoms with Crippen LogP contribution in [0.25, 0.3) is 11.0 Å². The molecule has 0 saturated heterocycles. The molecule has 5 nitrogen and oxygen atoms in total. The summed E-state index contributed by atoms with van der Waals surface area (Å²) in [5.74, 6) is 1.49. The van der Waals surface area contributed by atoms with Crippen molar-refractivity contribution in [1.29, 1.82) is 0 Å². The van der Waals surface area contributed by atoms with Crippen molar-refractivity contribution in [2.45, 2.75) is 27.3 Å². The monoisotopic (exact) mass is 423 g/mol. The Balaban J connectivity index is 0.00000210. The number of aromatic nitrogens is 4. The van der Waals surface area contributed by atoms with Crippen molar-refractivity contribution >= 4 is 38.5 Å². The molecule has 0 bridgehead atoms. The minimum atomic E-state index is 0. The molecule has 4 aromatic rings. The third-order valence-electron chi connectivity index (χ3n) is 4.15. The van der Waals surface area contributed by atoms with E-state index in [0.29, 0.717) is 0 Å². The molecule has 1 N–H and O–H groups in total. The molecular weight excluding hydrogens is 402 g/mol. The molecule has 0 saturated carbocycles. The highest BCUT2D eigenvalue weighted by Gasteiger charge is 2.12. The Morgan fingerprint density at radius 3 is 2.63 bits per heavy atom. The Bertz CT molecular complexity index is 1040. The van der Waals surface area contributed by atoms with Gasteiger partial charge in [0.1, 0.15) is 11.6 Å². The van der Waals surface area contributed by atoms with Crippen LogP contribution < -0.4 is 5.32 Å². The van der Waals surface area contributed by atoms with Crippen molar-refractivity contribution in [3.05, 3.63) is 76.7 Å². The summed E-state index contributed by atoms with van der Waals surface area (Å²) in [4.78, 5) is 9.17. The zero-order valence-electron chi connectivity index (χ0n) is 14.4. The lowest BCUT2D eigenvalue weighted by Gasteiger charge is -2.09. The van der Waals surface area contributed by atoms with Gasteiger partial charge in [-0.1, -0.05) is 59.8 Å². The van der Waals surface area contributed by atoms with E-state index in [0.717, 1.165) is 45.8 Å². The number of nitrogens with zero attached hydrogens (tertiary/aromatic N) is 4. The molecule has 138 valence electrons. The molecule has 0 spiro atoms. The molecule has 0 aliphatic carbocycles.